The fourth-order valence-corrected chi connectivity index (χ4v) is 4.58. The van der Waals surface area contributed by atoms with Gasteiger partial charge in [-0.3, -0.25) is 9.59 Å². The van der Waals surface area contributed by atoms with Crippen LogP contribution in [-0.4, -0.2) is 54.7 Å². The van der Waals surface area contributed by atoms with E-state index in [2.05, 4.69) is 10.3 Å². The molecule has 3 heterocycles. The lowest BCUT2D eigenvalue weighted by Gasteiger charge is -2.44. The van der Waals surface area contributed by atoms with Crippen LogP contribution in [-0.2, 0) is 0 Å². The van der Waals surface area contributed by atoms with Crippen LogP contribution in [0.3, 0.4) is 0 Å². The summed E-state index contributed by atoms with van der Waals surface area (Å²) >= 11 is 0. The lowest BCUT2D eigenvalue weighted by molar-refractivity contribution is -0.0247. The second kappa shape index (κ2) is 7.47. The first kappa shape index (κ1) is 20.2. The number of aryl methyl sites for hydroxylation is 1. The molecule has 2 N–H and O–H groups in total. The molecule has 2 aliphatic heterocycles. The molecule has 8 heteroatoms. The second-order valence-electron chi connectivity index (χ2n) is 8.21. The van der Waals surface area contributed by atoms with E-state index in [9.17, 15) is 9.59 Å². The van der Waals surface area contributed by atoms with Gasteiger partial charge < -0.3 is 29.4 Å². The molecule has 166 valence electrons. The number of amides is 2. The summed E-state index contributed by atoms with van der Waals surface area (Å²) < 4.78 is 16.8. The van der Waals surface area contributed by atoms with Crippen LogP contribution in [0, 0.1) is 6.92 Å². The molecule has 2 amide bonds. The summed E-state index contributed by atoms with van der Waals surface area (Å²) in [5, 5.41) is 3.98. The van der Waals surface area contributed by atoms with Crippen LogP contribution >= 0.6 is 0 Å². The minimum absolute atomic E-state index is 0.0668. The van der Waals surface area contributed by atoms with Crippen molar-refractivity contribution >= 4 is 22.7 Å². The van der Waals surface area contributed by atoms with Gasteiger partial charge in [0, 0.05) is 31.3 Å². The van der Waals surface area contributed by atoms with Crippen LogP contribution in [0.5, 0.6) is 17.2 Å². The molecule has 8 nitrogen and oxygen atoms in total. The highest BCUT2D eigenvalue weighted by molar-refractivity contribution is 6.02. The summed E-state index contributed by atoms with van der Waals surface area (Å²) in [5.74, 6) is 1.58. The molecule has 2 aromatic carbocycles. The van der Waals surface area contributed by atoms with Gasteiger partial charge in [0.05, 0.1) is 25.3 Å². The Kier molecular flexibility index (Phi) is 4.73. The number of H-pyrrole nitrogens is 1. The number of hydrogen-bond acceptors (Lipinski definition) is 5. The van der Waals surface area contributed by atoms with E-state index in [0.29, 0.717) is 54.4 Å². The van der Waals surface area contributed by atoms with E-state index in [-0.39, 0.29) is 11.8 Å². The largest absolute Gasteiger partial charge is 0.497 e. The lowest BCUT2D eigenvalue weighted by atomic mass is 9.96. The summed E-state index contributed by atoms with van der Waals surface area (Å²) in [6, 6.07) is 11.0. The predicted molar refractivity (Wildman–Crippen MR) is 119 cm³/mol. The monoisotopic (exact) mass is 435 g/mol. The molecule has 0 radical (unpaired) electrons. The van der Waals surface area contributed by atoms with Gasteiger partial charge in [-0.15, -0.1) is 0 Å². The summed E-state index contributed by atoms with van der Waals surface area (Å²) in [5.41, 5.74) is 1.92. The Hall–Kier alpha value is -3.68. The number of aromatic nitrogens is 1. The van der Waals surface area contributed by atoms with Gasteiger partial charge in [0.25, 0.3) is 11.8 Å². The first-order valence-electron chi connectivity index (χ1n) is 10.6. The Balaban J connectivity index is 1.35. The van der Waals surface area contributed by atoms with Crippen molar-refractivity contribution in [3.63, 3.8) is 0 Å². The zero-order valence-electron chi connectivity index (χ0n) is 18.3. The number of carbonyl (C=O) groups excluding carboxylic acids is 2. The predicted octanol–water partition coefficient (Wildman–Crippen LogP) is 3.25. The molecule has 0 bridgehead atoms. The SMILES string of the molecule is COc1ccc2c(c1)C(=O)NC1(CCN(C(=O)c3[nH]c4c(OC)cccc4c3C)CC1)O2. The first-order valence-corrected chi connectivity index (χ1v) is 10.6. The quantitative estimate of drug-likeness (QED) is 0.659. The van der Waals surface area contributed by atoms with Crippen molar-refractivity contribution in [2.75, 3.05) is 27.3 Å². The van der Waals surface area contributed by atoms with Crippen LogP contribution in [0.15, 0.2) is 36.4 Å². The third-order valence-corrected chi connectivity index (χ3v) is 6.43. The molecule has 1 spiro atoms. The number of rotatable bonds is 3. The molecule has 1 saturated heterocycles. The van der Waals surface area contributed by atoms with E-state index in [1.807, 2.05) is 25.1 Å². The number of fused-ring (bicyclic) bond motifs is 2. The molecule has 0 unspecified atom stereocenters. The van der Waals surface area contributed by atoms with Crippen molar-refractivity contribution < 1.29 is 23.8 Å². The highest BCUT2D eigenvalue weighted by atomic mass is 16.5. The summed E-state index contributed by atoms with van der Waals surface area (Å²) in [6.45, 7) is 2.87. The van der Waals surface area contributed by atoms with E-state index >= 15 is 0 Å². The molecule has 0 saturated carbocycles. The maximum Gasteiger partial charge on any atom is 0.270 e. The lowest BCUT2D eigenvalue weighted by Crippen LogP contribution is -2.61. The Bertz CT molecular complexity index is 1220. The fourth-order valence-electron chi connectivity index (χ4n) is 4.58. The minimum Gasteiger partial charge on any atom is -0.497 e. The van der Waals surface area contributed by atoms with Crippen molar-refractivity contribution in [3.05, 3.63) is 53.2 Å². The Morgan fingerprint density at radius 3 is 2.62 bits per heavy atom. The average molecular weight is 435 g/mol. The van der Waals surface area contributed by atoms with E-state index in [0.717, 1.165) is 16.5 Å². The molecule has 1 fully saturated rings. The van der Waals surface area contributed by atoms with Gasteiger partial charge in [0.15, 0.2) is 5.72 Å². The van der Waals surface area contributed by atoms with Crippen LogP contribution in [0.4, 0.5) is 0 Å². The Morgan fingerprint density at radius 2 is 1.91 bits per heavy atom. The first-order chi connectivity index (χ1) is 15.4. The van der Waals surface area contributed by atoms with E-state index in [1.54, 1.807) is 37.3 Å². The Morgan fingerprint density at radius 1 is 1.12 bits per heavy atom. The van der Waals surface area contributed by atoms with Crippen molar-refractivity contribution in [2.45, 2.75) is 25.5 Å². The van der Waals surface area contributed by atoms with Crippen LogP contribution in [0.25, 0.3) is 10.9 Å². The highest BCUT2D eigenvalue weighted by Gasteiger charge is 2.43. The third kappa shape index (κ3) is 3.14. The van der Waals surface area contributed by atoms with Gasteiger partial charge in [-0.25, -0.2) is 0 Å². The number of nitrogens with zero attached hydrogens (tertiary/aromatic N) is 1. The number of hydrogen-bond donors (Lipinski definition) is 2. The van der Waals surface area contributed by atoms with Crippen LogP contribution in [0.2, 0.25) is 0 Å². The second-order valence-corrected chi connectivity index (χ2v) is 8.21. The van der Waals surface area contributed by atoms with Gasteiger partial charge in [0.2, 0.25) is 0 Å². The van der Waals surface area contributed by atoms with E-state index in [1.165, 1.54) is 0 Å². The number of likely N-dealkylation sites (tertiary alicyclic amines) is 1. The van der Waals surface area contributed by atoms with Gasteiger partial charge in [-0.2, -0.15) is 0 Å². The third-order valence-electron chi connectivity index (χ3n) is 6.43. The molecule has 3 aromatic rings. The molecule has 2 aliphatic rings. The summed E-state index contributed by atoms with van der Waals surface area (Å²) in [6.07, 6.45) is 0.997. The summed E-state index contributed by atoms with van der Waals surface area (Å²) in [4.78, 5) is 31.1. The highest BCUT2D eigenvalue weighted by Crippen LogP contribution is 2.36. The standard InChI is InChI=1S/C24H25N3O5/c1-14-16-5-4-6-19(31-3)21(16)25-20(14)23(29)27-11-9-24(10-12-27)26-22(28)17-13-15(30-2)7-8-18(17)32-24/h4-8,13,25H,9-12H2,1-3H3,(H,26,28). The minimum atomic E-state index is -0.811. The number of ether oxygens (including phenoxy) is 3. The summed E-state index contributed by atoms with van der Waals surface area (Å²) in [7, 11) is 3.17. The molecular formula is C24H25N3O5. The molecule has 1 aromatic heterocycles. The number of nitrogens with one attached hydrogen (secondary N) is 2. The van der Waals surface area contributed by atoms with E-state index in [4.69, 9.17) is 14.2 Å². The van der Waals surface area contributed by atoms with Crippen LogP contribution < -0.4 is 19.5 Å². The smallest absolute Gasteiger partial charge is 0.270 e. The van der Waals surface area contributed by atoms with Crippen molar-refractivity contribution in [2.24, 2.45) is 0 Å². The van der Waals surface area contributed by atoms with Crippen molar-refractivity contribution in [1.82, 2.24) is 15.2 Å². The van der Waals surface area contributed by atoms with Gasteiger partial charge in [0.1, 0.15) is 22.9 Å². The number of aromatic amines is 1. The molecule has 5 rings (SSSR count). The number of methoxy groups -OCH3 is 2. The normalized spacial score (nSPS) is 17.0. The van der Waals surface area contributed by atoms with Crippen molar-refractivity contribution in [3.8, 4) is 17.2 Å². The number of piperidine rings is 1. The molecular weight excluding hydrogens is 410 g/mol. The fraction of sp³-hybridized carbons (Fsp3) is 0.333. The molecule has 0 aliphatic carbocycles. The van der Waals surface area contributed by atoms with Crippen molar-refractivity contribution in [1.29, 1.82) is 0 Å². The van der Waals surface area contributed by atoms with Gasteiger partial charge >= 0.3 is 0 Å². The van der Waals surface area contributed by atoms with Gasteiger partial charge in [-0.1, -0.05) is 12.1 Å². The maximum atomic E-state index is 13.3. The van der Waals surface area contributed by atoms with Gasteiger partial charge in [-0.05, 0) is 36.8 Å². The number of benzene rings is 2. The van der Waals surface area contributed by atoms with Crippen LogP contribution in [0.1, 0.15) is 39.3 Å². The average Bonchev–Trinajstić information content (AvgIpc) is 3.15. The zero-order valence-corrected chi connectivity index (χ0v) is 18.3. The number of carbonyl (C=O) groups is 2. The Labute approximate surface area is 185 Å². The topological polar surface area (TPSA) is 92.9 Å². The number of para-hydroxylation sites is 1. The maximum absolute atomic E-state index is 13.3. The molecule has 0 atom stereocenters. The molecule has 32 heavy (non-hydrogen) atoms. The van der Waals surface area contributed by atoms with E-state index < -0.39 is 5.72 Å². The zero-order chi connectivity index (χ0) is 22.5.